The standard InChI is InChI=1S/C13H25N3O2/c1-9(2)16-12(11(14)10(3)15-16)18-8-7-13(4,5)17-6/h9H,7-8,14H2,1-6H3. The second-order valence-electron chi connectivity index (χ2n) is 5.40. The summed E-state index contributed by atoms with van der Waals surface area (Å²) < 4.78 is 13.0. The van der Waals surface area contributed by atoms with E-state index in [9.17, 15) is 0 Å². The van der Waals surface area contributed by atoms with Crippen LogP contribution in [0.15, 0.2) is 0 Å². The Morgan fingerprint density at radius 3 is 2.50 bits per heavy atom. The molecule has 0 aliphatic heterocycles. The van der Waals surface area contributed by atoms with E-state index in [1.54, 1.807) is 7.11 Å². The molecule has 5 nitrogen and oxygen atoms in total. The number of aryl methyl sites for hydroxylation is 1. The van der Waals surface area contributed by atoms with Crippen LogP contribution in [0.1, 0.15) is 45.9 Å². The predicted octanol–water partition coefficient (Wildman–Crippen LogP) is 2.55. The molecule has 0 unspecified atom stereocenters. The summed E-state index contributed by atoms with van der Waals surface area (Å²) in [4.78, 5) is 0. The van der Waals surface area contributed by atoms with Crippen LogP contribution in [-0.2, 0) is 4.74 Å². The molecule has 0 bridgehead atoms. The van der Waals surface area contributed by atoms with Crippen molar-refractivity contribution in [2.24, 2.45) is 0 Å². The molecule has 1 heterocycles. The first-order valence-corrected chi connectivity index (χ1v) is 6.31. The predicted molar refractivity (Wildman–Crippen MR) is 73.0 cm³/mol. The third-order valence-corrected chi connectivity index (χ3v) is 3.07. The molecular weight excluding hydrogens is 230 g/mol. The van der Waals surface area contributed by atoms with Crippen LogP contribution in [0, 0.1) is 6.92 Å². The Balaban J connectivity index is 2.73. The van der Waals surface area contributed by atoms with E-state index < -0.39 is 0 Å². The number of aromatic nitrogens is 2. The van der Waals surface area contributed by atoms with Crippen molar-refractivity contribution in [2.75, 3.05) is 19.5 Å². The maximum absolute atomic E-state index is 5.98. The molecule has 0 spiro atoms. The van der Waals surface area contributed by atoms with Gasteiger partial charge in [-0.1, -0.05) is 0 Å². The molecular formula is C13H25N3O2. The molecule has 0 amide bonds. The topological polar surface area (TPSA) is 62.3 Å². The first-order chi connectivity index (χ1) is 8.28. The van der Waals surface area contributed by atoms with Crippen molar-refractivity contribution in [3.05, 3.63) is 5.69 Å². The highest BCUT2D eigenvalue weighted by Gasteiger charge is 2.19. The van der Waals surface area contributed by atoms with Gasteiger partial charge in [0.15, 0.2) is 0 Å². The summed E-state index contributed by atoms with van der Waals surface area (Å²) in [6.45, 7) is 10.6. The van der Waals surface area contributed by atoms with E-state index >= 15 is 0 Å². The summed E-state index contributed by atoms with van der Waals surface area (Å²) in [5.74, 6) is 0.661. The highest BCUT2D eigenvalue weighted by molar-refractivity contribution is 5.52. The molecule has 5 heteroatoms. The largest absolute Gasteiger partial charge is 0.476 e. The van der Waals surface area contributed by atoms with Gasteiger partial charge in [0.2, 0.25) is 5.88 Å². The van der Waals surface area contributed by atoms with Crippen molar-refractivity contribution in [1.82, 2.24) is 9.78 Å². The second-order valence-corrected chi connectivity index (χ2v) is 5.40. The molecule has 104 valence electrons. The van der Waals surface area contributed by atoms with Gasteiger partial charge in [-0.2, -0.15) is 5.10 Å². The molecule has 1 aromatic heterocycles. The van der Waals surface area contributed by atoms with Gasteiger partial charge >= 0.3 is 0 Å². The zero-order chi connectivity index (χ0) is 13.9. The van der Waals surface area contributed by atoms with Crippen molar-refractivity contribution >= 4 is 5.69 Å². The highest BCUT2D eigenvalue weighted by atomic mass is 16.5. The lowest BCUT2D eigenvalue weighted by molar-refractivity contribution is 0.00464. The fraction of sp³-hybridized carbons (Fsp3) is 0.769. The third kappa shape index (κ3) is 3.38. The highest BCUT2D eigenvalue weighted by Crippen LogP contribution is 2.28. The Morgan fingerprint density at radius 1 is 1.39 bits per heavy atom. The zero-order valence-electron chi connectivity index (χ0n) is 12.3. The number of methoxy groups -OCH3 is 1. The van der Waals surface area contributed by atoms with Gasteiger partial charge in [-0.05, 0) is 34.6 Å². The summed E-state index contributed by atoms with van der Waals surface area (Å²) in [5, 5.41) is 4.38. The maximum Gasteiger partial charge on any atom is 0.236 e. The van der Waals surface area contributed by atoms with Crippen molar-refractivity contribution in [1.29, 1.82) is 0 Å². The van der Waals surface area contributed by atoms with E-state index in [4.69, 9.17) is 15.2 Å². The van der Waals surface area contributed by atoms with Gasteiger partial charge < -0.3 is 15.2 Å². The van der Waals surface area contributed by atoms with Crippen LogP contribution < -0.4 is 10.5 Å². The number of nitrogen functional groups attached to an aromatic ring is 1. The van der Waals surface area contributed by atoms with Gasteiger partial charge in [-0.25, -0.2) is 4.68 Å². The molecule has 2 N–H and O–H groups in total. The summed E-state index contributed by atoms with van der Waals surface area (Å²) in [6, 6.07) is 0.228. The smallest absolute Gasteiger partial charge is 0.236 e. The minimum absolute atomic E-state index is 0.188. The van der Waals surface area contributed by atoms with Crippen molar-refractivity contribution < 1.29 is 9.47 Å². The lowest BCUT2D eigenvalue weighted by Gasteiger charge is -2.23. The molecule has 18 heavy (non-hydrogen) atoms. The van der Waals surface area contributed by atoms with Gasteiger partial charge in [-0.15, -0.1) is 0 Å². The van der Waals surface area contributed by atoms with Crippen LogP contribution in [0.25, 0.3) is 0 Å². The van der Waals surface area contributed by atoms with Gasteiger partial charge in [0.05, 0.1) is 23.9 Å². The lowest BCUT2D eigenvalue weighted by atomic mass is 10.1. The zero-order valence-corrected chi connectivity index (χ0v) is 12.3. The number of rotatable bonds is 6. The SMILES string of the molecule is COC(C)(C)CCOc1c(N)c(C)nn1C(C)C. The average Bonchev–Trinajstić information content (AvgIpc) is 2.57. The van der Waals surface area contributed by atoms with Gasteiger partial charge in [0.1, 0.15) is 5.69 Å². The van der Waals surface area contributed by atoms with Crippen molar-refractivity contribution in [2.45, 2.75) is 52.7 Å². The van der Waals surface area contributed by atoms with E-state index in [2.05, 4.69) is 18.9 Å². The van der Waals surface area contributed by atoms with Crippen LogP contribution in [0.4, 0.5) is 5.69 Å². The van der Waals surface area contributed by atoms with Crippen molar-refractivity contribution in [3.63, 3.8) is 0 Å². The molecule has 0 saturated carbocycles. The van der Waals surface area contributed by atoms with E-state index in [1.807, 2.05) is 25.5 Å². The van der Waals surface area contributed by atoms with E-state index in [1.165, 1.54) is 0 Å². The first-order valence-electron chi connectivity index (χ1n) is 6.31. The second kappa shape index (κ2) is 5.61. The average molecular weight is 255 g/mol. The minimum atomic E-state index is -0.188. The van der Waals surface area contributed by atoms with Gasteiger partial charge in [0.25, 0.3) is 0 Å². The summed E-state index contributed by atoms with van der Waals surface area (Å²) in [6.07, 6.45) is 0.797. The number of hydrogen-bond donors (Lipinski definition) is 1. The molecule has 1 aromatic rings. The van der Waals surface area contributed by atoms with E-state index in [0.717, 1.165) is 12.1 Å². The summed E-state index contributed by atoms with van der Waals surface area (Å²) in [7, 11) is 1.71. The fourth-order valence-corrected chi connectivity index (χ4v) is 1.53. The molecule has 0 aliphatic rings. The molecule has 0 atom stereocenters. The normalized spacial score (nSPS) is 12.2. The minimum Gasteiger partial charge on any atom is -0.476 e. The van der Waals surface area contributed by atoms with Crippen LogP contribution in [0.5, 0.6) is 5.88 Å². The third-order valence-electron chi connectivity index (χ3n) is 3.07. The van der Waals surface area contributed by atoms with Gasteiger partial charge in [-0.3, -0.25) is 0 Å². The number of nitrogens with two attached hydrogens (primary N) is 1. The Morgan fingerprint density at radius 2 is 2.00 bits per heavy atom. The molecule has 0 fully saturated rings. The number of ether oxygens (including phenoxy) is 2. The molecule has 0 aliphatic carbocycles. The quantitative estimate of drug-likeness (QED) is 0.848. The van der Waals surface area contributed by atoms with Crippen LogP contribution >= 0.6 is 0 Å². The van der Waals surface area contributed by atoms with E-state index in [-0.39, 0.29) is 11.6 Å². The monoisotopic (exact) mass is 255 g/mol. The first kappa shape index (κ1) is 14.8. The fourth-order valence-electron chi connectivity index (χ4n) is 1.53. The van der Waals surface area contributed by atoms with Gasteiger partial charge in [0, 0.05) is 13.5 Å². The summed E-state index contributed by atoms with van der Waals surface area (Å²) >= 11 is 0. The molecule has 0 saturated heterocycles. The Kier molecular flexibility index (Phi) is 4.62. The molecule has 0 aromatic carbocycles. The number of hydrogen-bond acceptors (Lipinski definition) is 4. The lowest BCUT2D eigenvalue weighted by Crippen LogP contribution is -2.25. The number of nitrogens with zero attached hydrogens (tertiary/aromatic N) is 2. The van der Waals surface area contributed by atoms with Crippen LogP contribution in [0.2, 0.25) is 0 Å². The molecule has 1 rings (SSSR count). The Labute approximate surface area is 109 Å². The van der Waals surface area contributed by atoms with E-state index in [0.29, 0.717) is 18.2 Å². The molecule has 0 radical (unpaired) electrons. The number of anilines is 1. The maximum atomic E-state index is 5.98. The van der Waals surface area contributed by atoms with Crippen LogP contribution in [0.3, 0.4) is 0 Å². The Bertz CT molecular complexity index is 397. The summed E-state index contributed by atoms with van der Waals surface area (Å²) in [5.41, 5.74) is 7.23. The van der Waals surface area contributed by atoms with Crippen LogP contribution in [-0.4, -0.2) is 29.1 Å². The van der Waals surface area contributed by atoms with Crippen molar-refractivity contribution in [3.8, 4) is 5.88 Å². The Hall–Kier alpha value is -1.23.